The van der Waals surface area contributed by atoms with Crippen LogP contribution in [0.4, 0.5) is 0 Å². The fourth-order valence-electron chi connectivity index (χ4n) is 5.47. The second-order valence-electron chi connectivity index (χ2n) is 10.0. The molecule has 2 atom stereocenters. The smallest absolute Gasteiger partial charge is 0.224 e. The molecule has 2 aromatic carbocycles. The summed E-state index contributed by atoms with van der Waals surface area (Å²) in [6.07, 6.45) is 10.9. The Balaban J connectivity index is 1.18. The van der Waals surface area contributed by atoms with E-state index in [9.17, 15) is 4.79 Å². The number of fused-ring (bicyclic) bond motifs is 1. The standard InChI is InChI=1S/C29H36N4O2/c34-29(31-12-5-14-32-15-13-30-22-32)27-16-24(19-33(20-27)18-23-6-2-1-3-7-23)21-35-28-11-10-25-8-4-9-26(25)17-28/h1-3,6-7,10-11,13,15,17,22,24,27H,4-5,8-9,12,14,16,18-21H2,(H,31,34)/t24-,27+/m0/s1. The van der Waals surface area contributed by atoms with Gasteiger partial charge in [0.15, 0.2) is 0 Å². The molecule has 1 amide bonds. The van der Waals surface area contributed by atoms with E-state index in [0.29, 0.717) is 19.1 Å². The Morgan fingerprint density at radius 1 is 1.09 bits per heavy atom. The number of amides is 1. The largest absolute Gasteiger partial charge is 0.493 e. The number of hydrogen-bond acceptors (Lipinski definition) is 4. The minimum absolute atomic E-state index is 0.0191. The lowest BCUT2D eigenvalue weighted by atomic mass is 9.88. The maximum Gasteiger partial charge on any atom is 0.224 e. The topological polar surface area (TPSA) is 59.4 Å². The summed E-state index contributed by atoms with van der Waals surface area (Å²) in [4.78, 5) is 19.6. The van der Waals surface area contributed by atoms with Crippen LogP contribution in [0.3, 0.4) is 0 Å². The minimum atomic E-state index is -0.0191. The number of benzene rings is 2. The average Bonchev–Trinajstić information content (AvgIpc) is 3.57. The molecule has 0 spiro atoms. The summed E-state index contributed by atoms with van der Waals surface area (Å²) in [5.74, 6) is 1.43. The minimum Gasteiger partial charge on any atom is -0.493 e. The fourth-order valence-corrected chi connectivity index (χ4v) is 5.47. The van der Waals surface area contributed by atoms with Crippen molar-refractivity contribution in [3.05, 3.63) is 83.9 Å². The Kier molecular flexibility index (Phi) is 7.79. The van der Waals surface area contributed by atoms with Gasteiger partial charge in [0.2, 0.25) is 5.91 Å². The SMILES string of the molecule is O=C(NCCCn1ccnc1)[C@@H]1C[C@H](COc2ccc3c(c2)CCC3)CN(Cc2ccccc2)C1. The van der Waals surface area contributed by atoms with Crippen LogP contribution in [-0.4, -0.2) is 46.6 Å². The highest BCUT2D eigenvalue weighted by Gasteiger charge is 2.32. The molecule has 5 rings (SSSR count). The van der Waals surface area contributed by atoms with Gasteiger partial charge in [0.1, 0.15) is 5.75 Å². The molecule has 0 bridgehead atoms. The molecule has 1 aliphatic heterocycles. The molecule has 3 aromatic rings. The number of ether oxygens (including phenoxy) is 1. The molecule has 35 heavy (non-hydrogen) atoms. The van der Waals surface area contributed by atoms with Gasteiger partial charge in [-0.15, -0.1) is 0 Å². The summed E-state index contributed by atoms with van der Waals surface area (Å²) < 4.78 is 8.31. The Labute approximate surface area is 208 Å². The van der Waals surface area contributed by atoms with Gasteiger partial charge >= 0.3 is 0 Å². The Hall–Kier alpha value is -3.12. The number of aryl methyl sites for hydroxylation is 3. The molecule has 2 aliphatic rings. The molecule has 1 saturated heterocycles. The number of piperidine rings is 1. The van der Waals surface area contributed by atoms with E-state index >= 15 is 0 Å². The lowest BCUT2D eigenvalue weighted by Crippen LogP contribution is -2.47. The first kappa shape index (κ1) is 23.6. The fraction of sp³-hybridized carbons (Fsp3) is 0.448. The van der Waals surface area contributed by atoms with Crippen molar-refractivity contribution in [2.24, 2.45) is 11.8 Å². The van der Waals surface area contributed by atoms with Gasteiger partial charge in [-0.25, -0.2) is 4.98 Å². The van der Waals surface area contributed by atoms with Crippen molar-refractivity contribution >= 4 is 5.91 Å². The van der Waals surface area contributed by atoms with Gasteiger partial charge in [-0.1, -0.05) is 36.4 Å². The molecule has 1 aliphatic carbocycles. The zero-order valence-corrected chi connectivity index (χ0v) is 20.4. The van der Waals surface area contributed by atoms with Gasteiger partial charge in [0.25, 0.3) is 0 Å². The lowest BCUT2D eigenvalue weighted by molar-refractivity contribution is -0.127. The van der Waals surface area contributed by atoms with Crippen LogP contribution in [0.25, 0.3) is 0 Å². The Bertz CT molecular complexity index is 1080. The highest BCUT2D eigenvalue weighted by atomic mass is 16.5. The van der Waals surface area contributed by atoms with Crippen molar-refractivity contribution in [1.82, 2.24) is 19.8 Å². The highest BCUT2D eigenvalue weighted by molar-refractivity contribution is 5.79. The quantitative estimate of drug-likeness (QED) is 0.452. The summed E-state index contributed by atoms with van der Waals surface area (Å²) in [5, 5.41) is 3.18. The van der Waals surface area contributed by atoms with E-state index in [1.54, 1.807) is 6.20 Å². The van der Waals surface area contributed by atoms with Crippen LogP contribution in [0, 0.1) is 11.8 Å². The van der Waals surface area contributed by atoms with Gasteiger partial charge < -0.3 is 14.6 Å². The van der Waals surface area contributed by atoms with Gasteiger partial charge in [-0.2, -0.15) is 0 Å². The number of hydrogen-bond donors (Lipinski definition) is 1. The molecule has 1 fully saturated rings. The van der Waals surface area contributed by atoms with Gasteiger partial charge in [0, 0.05) is 51.0 Å². The van der Waals surface area contributed by atoms with E-state index in [1.165, 1.54) is 29.5 Å². The lowest BCUT2D eigenvalue weighted by Gasteiger charge is -2.37. The molecule has 6 heteroatoms. The summed E-state index contributed by atoms with van der Waals surface area (Å²) in [6, 6.07) is 17.1. The molecule has 0 unspecified atom stereocenters. The van der Waals surface area contributed by atoms with Crippen molar-refractivity contribution in [3.63, 3.8) is 0 Å². The normalized spacial score (nSPS) is 19.9. The van der Waals surface area contributed by atoms with Crippen LogP contribution in [0.2, 0.25) is 0 Å². The number of rotatable bonds is 10. The van der Waals surface area contributed by atoms with Gasteiger partial charge in [-0.05, 0) is 60.9 Å². The third kappa shape index (κ3) is 6.51. The number of carbonyl (C=O) groups excluding carboxylic acids is 1. The van der Waals surface area contributed by atoms with Crippen LogP contribution < -0.4 is 10.1 Å². The van der Waals surface area contributed by atoms with E-state index in [-0.39, 0.29) is 11.8 Å². The summed E-state index contributed by atoms with van der Waals surface area (Å²) >= 11 is 0. The first-order chi connectivity index (χ1) is 17.2. The number of imidazole rings is 1. The molecule has 184 valence electrons. The van der Waals surface area contributed by atoms with E-state index in [4.69, 9.17) is 4.74 Å². The first-order valence-corrected chi connectivity index (χ1v) is 13.0. The molecular formula is C29H36N4O2. The molecule has 1 N–H and O–H groups in total. The predicted octanol–water partition coefficient (Wildman–Crippen LogP) is 4.10. The number of aromatic nitrogens is 2. The summed E-state index contributed by atoms with van der Waals surface area (Å²) in [7, 11) is 0. The van der Waals surface area contributed by atoms with E-state index in [0.717, 1.165) is 51.2 Å². The summed E-state index contributed by atoms with van der Waals surface area (Å²) in [6.45, 7) is 4.79. The molecule has 0 saturated carbocycles. The molecule has 1 aromatic heterocycles. The van der Waals surface area contributed by atoms with Crippen LogP contribution >= 0.6 is 0 Å². The van der Waals surface area contributed by atoms with Crippen LogP contribution in [0.5, 0.6) is 5.75 Å². The van der Waals surface area contributed by atoms with Crippen molar-refractivity contribution in [3.8, 4) is 5.75 Å². The average molecular weight is 473 g/mol. The van der Waals surface area contributed by atoms with Crippen molar-refractivity contribution in [2.75, 3.05) is 26.2 Å². The molecule has 6 nitrogen and oxygen atoms in total. The Morgan fingerprint density at radius 2 is 1.97 bits per heavy atom. The number of carbonyl (C=O) groups is 1. The Morgan fingerprint density at radius 3 is 2.83 bits per heavy atom. The second kappa shape index (κ2) is 11.5. The molecule has 0 radical (unpaired) electrons. The summed E-state index contributed by atoms with van der Waals surface area (Å²) in [5.41, 5.74) is 4.19. The zero-order valence-electron chi connectivity index (χ0n) is 20.4. The number of nitrogens with zero attached hydrogens (tertiary/aromatic N) is 3. The number of nitrogens with one attached hydrogen (secondary N) is 1. The van der Waals surface area contributed by atoms with E-state index in [1.807, 2.05) is 23.2 Å². The maximum absolute atomic E-state index is 13.1. The zero-order chi connectivity index (χ0) is 23.9. The maximum atomic E-state index is 13.1. The van der Waals surface area contributed by atoms with Crippen molar-refractivity contribution < 1.29 is 9.53 Å². The van der Waals surface area contributed by atoms with Gasteiger partial charge in [0.05, 0.1) is 18.9 Å². The van der Waals surface area contributed by atoms with E-state index < -0.39 is 0 Å². The van der Waals surface area contributed by atoms with Crippen molar-refractivity contribution in [2.45, 2.75) is 45.2 Å². The molecule has 2 heterocycles. The van der Waals surface area contributed by atoms with Crippen molar-refractivity contribution in [1.29, 1.82) is 0 Å². The molecular weight excluding hydrogens is 436 g/mol. The third-order valence-corrected chi connectivity index (χ3v) is 7.24. The van der Waals surface area contributed by atoms with Crippen LogP contribution in [0.15, 0.2) is 67.3 Å². The van der Waals surface area contributed by atoms with Crippen LogP contribution in [-0.2, 0) is 30.7 Å². The highest BCUT2D eigenvalue weighted by Crippen LogP contribution is 2.28. The monoisotopic (exact) mass is 472 g/mol. The predicted molar refractivity (Wildman–Crippen MR) is 137 cm³/mol. The second-order valence-corrected chi connectivity index (χ2v) is 10.0. The van der Waals surface area contributed by atoms with Crippen LogP contribution in [0.1, 0.15) is 36.0 Å². The van der Waals surface area contributed by atoms with E-state index in [2.05, 4.69) is 57.7 Å². The van der Waals surface area contributed by atoms with Gasteiger partial charge in [-0.3, -0.25) is 9.69 Å². The third-order valence-electron chi connectivity index (χ3n) is 7.24. The number of likely N-dealkylation sites (tertiary alicyclic amines) is 1. The first-order valence-electron chi connectivity index (χ1n) is 13.0.